The first-order valence-corrected chi connectivity index (χ1v) is 16.0. The van der Waals surface area contributed by atoms with E-state index in [1.807, 2.05) is 84.9 Å². The molecule has 0 aromatic heterocycles. The summed E-state index contributed by atoms with van der Waals surface area (Å²) >= 11 is 0. The number of anilines is 3. The molecule has 0 N–H and O–H groups in total. The van der Waals surface area contributed by atoms with Gasteiger partial charge in [0.25, 0.3) is 0 Å². The molecule has 238 valence electrons. The van der Waals surface area contributed by atoms with Crippen LogP contribution in [0, 0.1) is 0 Å². The van der Waals surface area contributed by atoms with E-state index in [4.69, 9.17) is 11.0 Å². The van der Waals surface area contributed by atoms with Crippen molar-refractivity contribution in [2.24, 2.45) is 0 Å². The van der Waals surface area contributed by atoms with Crippen molar-refractivity contribution in [2.75, 3.05) is 4.90 Å². The van der Waals surface area contributed by atoms with Gasteiger partial charge < -0.3 is 4.90 Å². The van der Waals surface area contributed by atoms with Gasteiger partial charge in [0.2, 0.25) is 0 Å². The van der Waals surface area contributed by atoms with Crippen molar-refractivity contribution < 1.29 is 23.3 Å². The zero-order chi connectivity index (χ0) is 48.1. The molecule has 0 fully saturated rings. The highest BCUT2D eigenvalue weighted by molar-refractivity contribution is 5.98. The van der Waals surface area contributed by atoms with Gasteiger partial charge in [0, 0.05) is 19.7 Å². The Morgan fingerprint density at radius 3 is 1.54 bits per heavy atom. The molecule has 0 radical (unpaired) electrons. The van der Waals surface area contributed by atoms with Crippen LogP contribution in [-0.4, -0.2) is 0 Å². The maximum absolute atomic E-state index is 9.84. The molecule has 0 spiro atoms. The molecular weight excluding hydrogens is 603 g/mol. The zero-order valence-corrected chi connectivity index (χ0v) is 26.5. The maximum atomic E-state index is 9.84. The normalized spacial score (nSPS) is 22.4. The summed E-state index contributed by atoms with van der Waals surface area (Å²) in [6, 6.07) is 20.7. The molecule has 0 heterocycles. The molecule has 7 aromatic rings. The molecule has 0 saturated heterocycles. The van der Waals surface area contributed by atoms with Gasteiger partial charge in [-0.25, -0.2) is 0 Å². The standard InChI is InChI=1S/C49H37N/c1-5-16-36(17-6-1)38-28-32-42(33-29-38)50(43-34-30-39(31-35-43)37-18-7-2-8-19-37)47-27-15-26-46-48(47)44-24-13-14-25-45(44)49(46,40-20-9-3-10-21-40)41-22-11-4-12-23-41/h1-13,15-24,26-35H,14,25H2/i3D,4D,9D,10D,11D,12D,13D,14D,15D,20D,21D,22D,23D,24D,25D,26D,27D. The van der Waals surface area contributed by atoms with Crippen LogP contribution in [0.3, 0.4) is 0 Å². The number of rotatable bonds is 7. The van der Waals surface area contributed by atoms with Crippen LogP contribution in [0.4, 0.5) is 17.1 Å². The lowest BCUT2D eigenvalue weighted by atomic mass is 9.65. The van der Waals surface area contributed by atoms with Crippen molar-refractivity contribution >= 4 is 22.6 Å². The Labute approximate surface area is 319 Å². The van der Waals surface area contributed by atoms with Crippen LogP contribution in [0.25, 0.3) is 27.8 Å². The molecule has 2 atom stereocenters. The fourth-order valence-corrected chi connectivity index (χ4v) is 6.92. The molecule has 0 aliphatic heterocycles. The van der Waals surface area contributed by atoms with Crippen molar-refractivity contribution in [2.45, 2.75) is 18.2 Å². The molecule has 2 aliphatic rings. The monoisotopic (exact) mass is 656 g/mol. The van der Waals surface area contributed by atoms with Gasteiger partial charge in [0.05, 0.1) is 31.7 Å². The molecule has 50 heavy (non-hydrogen) atoms. The van der Waals surface area contributed by atoms with Gasteiger partial charge in [0.1, 0.15) is 0 Å². The van der Waals surface area contributed by atoms with Crippen molar-refractivity contribution in [1.82, 2.24) is 0 Å². The van der Waals surface area contributed by atoms with Crippen molar-refractivity contribution in [3.05, 3.63) is 228 Å². The SMILES string of the molecule is [2H]C1=C([2H])C([2H])C([2H])C2=C1c1c(N(c3ccc(-c4ccccc4)cc3)c3ccc(-c4ccccc4)cc3)c([2H])c([2H])c([2H])c1C2(c1c([2H])c([2H])c([2H])c([2H])c1[2H])c1c([2H])c([2H])c([2H])c([2H])c1[2H]. The predicted octanol–water partition coefficient (Wildman–Crippen LogP) is 12.9. The lowest BCUT2D eigenvalue weighted by molar-refractivity contribution is 0.696. The van der Waals surface area contributed by atoms with Crippen LogP contribution < -0.4 is 4.90 Å². The highest BCUT2D eigenvalue weighted by atomic mass is 15.1. The second-order valence-corrected chi connectivity index (χ2v) is 11.8. The van der Waals surface area contributed by atoms with Crippen LogP contribution in [0.1, 0.15) is 58.4 Å². The molecular formula is C49H37N. The van der Waals surface area contributed by atoms with Gasteiger partial charge in [0.15, 0.2) is 0 Å². The first-order valence-electron chi connectivity index (χ1n) is 24.7. The lowest BCUT2D eigenvalue weighted by Gasteiger charge is -2.36. The van der Waals surface area contributed by atoms with Crippen molar-refractivity contribution in [3.63, 3.8) is 0 Å². The first-order chi connectivity index (χ1) is 31.9. The van der Waals surface area contributed by atoms with Gasteiger partial charge in [-0.1, -0.05) is 170 Å². The maximum Gasteiger partial charge on any atom is 0.0677 e. The minimum absolute atomic E-state index is 0.210. The quantitative estimate of drug-likeness (QED) is 0.165. The Kier molecular flexibility index (Phi) is 4.31. The van der Waals surface area contributed by atoms with E-state index in [2.05, 4.69) is 0 Å². The van der Waals surface area contributed by atoms with Crippen molar-refractivity contribution in [3.8, 4) is 22.3 Å². The summed E-state index contributed by atoms with van der Waals surface area (Å²) in [7, 11) is 0. The predicted molar refractivity (Wildman–Crippen MR) is 210 cm³/mol. The average molecular weight is 657 g/mol. The van der Waals surface area contributed by atoms with Crippen LogP contribution in [0.15, 0.2) is 205 Å². The third-order valence-electron chi connectivity index (χ3n) is 9.12. The Morgan fingerprint density at radius 2 is 1.02 bits per heavy atom. The lowest BCUT2D eigenvalue weighted by Crippen LogP contribution is -2.30. The van der Waals surface area contributed by atoms with Gasteiger partial charge in [-0.15, -0.1) is 0 Å². The van der Waals surface area contributed by atoms with E-state index in [-0.39, 0.29) is 16.8 Å². The number of allylic oxidation sites excluding steroid dienone is 4. The number of fused-ring (bicyclic) bond motifs is 2. The largest absolute Gasteiger partial charge is 0.310 e. The minimum atomic E-state index is -2.86. The molecule has 0 saturated carbocycles. The summed E-state index contributed by atoms with van der Waals surface area (Å²) in [6.07, 6.45) is -3.90. The number of hydrogen-bond donors (Lipinski definition) is 0. The van der Waals surface area contributed by atoms with E-state index in [0.717, 1.165) is 22.3 Å². The molecule has 1 nitrogen and oxygen atoms in total. The highest BCUT2D eigenvalue weighted by Crippen LogP contribution is 2.60. The Hall–Kier alpha value is -6.18. The van der Waals surface area contributed by atoms with Crippen LogP contribution in [0.5, 0.6) is 0 Å². The van der Waals surface area contributed by atoms with Gasteiger partial charge in [-0.2, -0.15) is 0 Å². The second-order valence-electron chi connectivity index (χ2n) is 11.8. The van der Waals surface area contributed by atoms with E-state index in [0.29, 0.717) is 11.4 Å². The first kappa shape index (κ1) is 17.0. The second kappa shape index (κ2) is 12.7. The van der Waals surface area contributed by atoms with Crippen LogP contribution >= 0.6 is 0 Å². The fraction of sp³-hybridized carbons (Fsp3) is 0.0612. The Balaban J connectivity index is 1.52. The number of hydrogen-bond acceptors (Lipinski definition) is 1. The molecule has 0 bridgehead atoms. The fourth-order valence-electron chi connectivity index (χ4n) is 6.92. The average Bonchev–Trinajstić information content (AvgIpc) is 3.65. The zero-order valence-electron chi connectivity index (χ0n) is 43.5. The van der Waals surface area contributed by atoms with E-state index in [9.17, 15) is 12.3 Å². The highest BCUT2D eigenvalue weighted by Gasteiger charge is 2.48. The van der Waals surface area contributed by atoms with Crippen LogP contribution in [0.2, 0.25) is 0 Å². The van der Waals surface area contributed by atoms with Crippen molar-refractivity contribution in [1.29, 1.82) is 0 Å². The van der Waals surface area contributed by atoms with E-state index in [1.165, 1.54) is 0 Å². The third kappa shape index (κ3) is 4.94. The molecule has 2 unspecified atom stereocenters. The Bertz CT molecular complexity index is 3050. The van der Waals surface area contributed by atoms with Gasteiger partial charge in [-0.3, -0.25) is 0 Å². The molecule has 2 aliphatic carbocycles. The number of nitrogens with zero attached hydrogens (tertiary/aromatic N) is 1. The summed E-state index contributed by atoms with van der Waals surface area (Å²) in [5.74, 6) is 0. The minimum Gasteiger partial charge on any atom is -0.310 e. The van der Waals surface area contributed by atoms with Crippen LogP contribution in [-0.2, 0) is 5.41 Å². The van der Waals surface area contributed by atoms with E-state index < -0.39 is 131 Å². The summed E-state index contributed by atoms with van der Waals surface area (Å²) in [5, 5.41) is 0. The Morgan fingerprint density at radius 1 is 0.520 bits per heavy atom. The smallest absolute Gasteiger partial charge is 0.0677 e. The van der Waals surface area contributed by atoms with Gasteiger partial charge >= 0.3 is 0 Å². The summed E-state index contributed by atoms with van der Waals surface area (Å²) in [6.45, 7) is 0. The van der Waals surface area contributed by atoms with E-state index in [1.54, 1.807) is 29.2 Å². The molecule has 9 rings (SSSR count). The summed E-state index contributed by atoms with van der Waals surface area (Å²) < 4.78 is 157. The third-order valence-corrected chi connectivity index (χ3v) is 9.12. The van der Waals surface area contributed by atoms with E-state index >= 15 is 0 Å². The number of benzene rings is 7. The summed E-state index contributed by atoms with van der Waals surface area (Å²) in [4.78, 5) is 1.58. The summed E-state index contributed by atoms with van der Waals surface area (Å²) in [5.41, 5.74) is -2.05. The topological polar surface area (TPSA) is 3.24 Å². The molecule has 0 amide bonds. The molecule has 1 heteroatoms. The van der Waals surface area contributed by atoms with Gasteiger partial charge in [-0.05, 0) is 93.2 Å². The molecule has 7 aromatic carbocycles.